The van der Waals surface area contributed by atoms with Gasteiger partial charge in [-0.1, -0.05) is 30.3 Å². The Balaban J connectivity index is 1.47. The Morgan fingerprint density at radius 2 is 1.81 bits per heavy atom. The normalized spacial score (nSPS) is 10.3. The van der Waals surface area contributed by atoms with E-state index >= 15 is 0 Å². The van der Waals surface area contributed by atoms with Crippen molar-refractivity contribution < 1.29 is 18.7 Å². The van der Waals surface area contributed by atoms with Crippen molar-refractivity contribution in [1.29, 1.82) is 0 Å². The van der Waals surface area contributed by atoms with Crippen molar-refractivity contribution in [2.24, 2.45) is 0 Å². The van der Waals surface area contributed by atoms with Crippen LogP contribution >= 0.6 is 0 Å². The molecule has 6 nitrogen and oxygen atoms in total. The van der Waals surface area contributed by atoms with Gasteiger partial charge in [0.05, 0.1) is 6.54 Å². The molecule has 0 spiro atoms. The molecule has 138 valence electrons. The second-order valence-electron chi connectivity index (χ2n) is 5.97. The molecule has 0 saturated heterocycles. The third kappa shape index (κ3) is 5.47. The number of hydrogen-bond donors (Lipinski definition) is 2. The van der Waals surface area contributed by atoms with Crippen molar-refractivity contribution in [2.75, 3.05) is 11.9 Å². The highest BCUT2D eigenvalue weighted by Gasteiger charge is 2.13. The third-order valence-corrected chi connectivity index (χ3v) is 3.72. The average molecular weight is 364 g/mol. The number of ether oxygens (including phenoxy) is 1. The Hall–Kier alpha value is -3.54. The van der Waals surface area contributed by atoms with Crippen molar-refractivity contribution in [3.63, 3.8) is 0 Å². The van der Waals surface area contributed by atoms with Gasteiger partial charge in [0.2, 0.25) is 5.91 Å². The number of carbonyl (C=O) groups excluding carboxylic acids is 2. The first kappa shape index (κ1) is 18.3. The van der Waals surface area contributed by atoms with E-state index in [1.165, 1.54) is 0 Å². The first-order valence-corrected chi connectivity index (χ1v) is 8.51. The molecule has 0 radical (unpaired) electrons. The van der Waals surface area contributed by atoms with Gasteiger partial charge in [0, 0.05) is 5.69 Å². The largest absolute Gasteiger partial charge is 0.486 e. The molecule has 2 N–H and O–H groups in total. The van der Waals surface area contributed by atoms with E-state index in [1.807, 2.05) is 55.5 Å². The summed E-state index contributed by atoms with van der Waals surface area (Å²) in [6.45, 7) is 2.00. The molecule has 3 rings (SSSR count). The van der Waals surface area contributed by atoms with E-state index in [-0.39, 0.29) is 24.8 Å². The summed E-state index contributed by atoms with van der Waals surface area (Å²) in [5.41, 5.74) is 1.73. The van der Waals surface area contributed by atoms with Crippen molar-refractivity contribution in [3.05, 3.63) is 83.8 Å². The Bertz CT molecular complexity index is 919. The number of carbonyl (C=O) groups is 2. The molecule has 1 heterocycles. The van der Waals surface area contributed by atoms with E-state index in [0.717, 1.165) is 5.56 Å². The Kier molecular flexibility index (Phi) is 5.89. The SMILES string of the molecule is Cc1cccc(NC(=O)CNC(=O)c2ccc(COc3ccccc3)o2)c1. The van der Waals surface area contributed by atoms with Crippen LogP contribution in [0.2, 0.25) is 0 Å². The lowest BCUT2D eigenvalue weighted by molar-refractivity contribution is -0.115. The number of amides is 2. The standard InChI is InChI=1S/C21H20N2O4/c1-15-6-5-7-16(12-15)23-20(24)13-22-21(25)19-11-10-18(27-19)14-26-17-8-3-2-4-9-17/h2-12H,13-14H2,1H3,(H,22,25)(H,23,24). The molecule has 0 aliphatic heterocycles. The van der Waals surface area contributed by atoms with Crippen LogP contribution in [0.5, 0.6) is 5.75 Å². The highest BCUT2D eigenvalue weighted by molar-refractivity contribution is 5.98. The lowest BCUT2D eigenvalue weighted by atomic mass is 10.2. The predicted octanol–water partition coefficient (Wildman–Crippen LogP) is 3.54. The number of rotatable bonds is 7. The van der Waals surface area contributed by atoms with Crippen LogP contribution in [0.3, 0.4) is 0 Å². The van der Waals surface area contributed by atoms with E-state index in [9.17, 15) is 9.59 Å². The molecular formula is C21H20N2O4. The summed E-state index contributed by atoms with van der Waals surface area (Å²) < 4.78 is 11.0. The van der Waals surface area contributed by atoms with Gasteiger partial charge < -0.3 is 19.8 Å². The number of anilines is 1. The maximum Gasteiger partial charge on any atom is 0.287 e. The molecule has 6 heteroatoms. The fourth-order valence-corrected chi connectivity index (χ4v) is 2.42. The molecule has 3 aromatic rings. The minimum Gasteiger partial charge on any atom is -0.486 e. The first-order valence-electron chi connectivity index (χ1n) is 8.51. The van der Waals surface area contributed by atoms with Crippen molar-refractivity contribution in [1.82, 2.24) is 5.32 Å². The molecule has 0 aliphatic carbocycles. The zero-order valence-electron chi connectivity index (χ0n) is 14.9. The van der Waals surface area contributed by atoms with Crippen molar-refractivity contribution >= 4 is 17.5 Å². The Morgan fingerprint density at radius 1 is 1.00 bits per heavy atom. The smallest absolute Gasteiger partial charge is 0.287 e. The predicted molar refractivity (Wildman–Crippen MR) is 102 cm³/mol. The molecule has 0 fully saturated rings. The Morgan fingerprint density at radius 3 is 2.59 bits per heavy atom. The molecule has 2 aromatic carbocycles. The minimum absolute atomic E-state index is 0.130. The number of para-hydroxylation sites is 1. The summed E-state index contributed by atoms with van der Waals surface area (Å²) in [5.74, 6) is 0.597. The fourth-order valence-electron chi connectivity index (χ4n) is 2.42. The van der Waals surface area contributed by atoms with Crippen LogP contribution in [0.25, 0.3) is 0 Å². The van der Waals surface area contributed by atoms with Gasteiger partial charge in [0.1, 0.15) is 18.1 Å². The molecule has 0 atom stereocenters. The van der Waals surface area contributed by atoms with Crippen LogP contribution in [-0.4, -0.2) is 18.4 Å². The van der Waals surface area contributed by atoms with E-state index in [4.69, 9.17) is 9.15 Å². The van der Waals surface area contributed by atoms with E-state index < -0.39 is 5.91 Å². The topological polar surface area (TPSA) is 80.6 Å². The number of aryl methyl sites for hydroxylation is 1. The number of furan rings is 1. The summed E-state index contributed by atoms with van der Waals surface area (Å²) in [5, 5.41) is 5.26. The number of nitrogens with one attached hydrogen (secondary N) is 2. The fraction of sp³-hybridized carbons (Fsp3) is 0.143. The maximum atomic E-state index is 12.1. The molecular weight excluding hydrogens is 344 g/mol. The second-order valence-corrected chi connectivity index (χ2v) is 5.97. The van der Waals surface area contributed by atoms with Gasteiger partial charge in [-0.25, -0.2) is 0 Å². The first-order chi connectivity index (χ1) is 13.1. The van der Waals surface area contributed by atoms with Crippen LogP contribution in [0.15, 0.2) is 71.1 Å². The molecule has 0 saturated carbocycles. The zero-order chi connectivity index (χ0) is 19.1. The molecule has 1 aromatic heterocycles. The monoisotopic (exact) mass is 364 g/mol. The number of hydrogen-bond acceptors (Lipinski definition) is 4. The van der Waals surface area contributed by atoms with Gasteiger partial charge in [0.25, 0.3) is 5.91 Å². The Labute approximate surface area is 157 Å². The third-order valence-electron chi connectivity index (χ3n) is 3.72. The highest BCUT2D eigenvalue weighted by atomic mass is 16.5. The molecule has 0 bridgehead atoms. The van der Waals surface area contributed by atoms with Gasteiger partial charge in [-0.3, -0.25) is 9.59 Å². The van der Waals surface area contributed by atoms with Crippen LogP contribution in [-0.2, 0) is 11.4 Å². The van der Waals surface area contributed by atoms with Gasteiger partial charge in [-0.2, -0.15) is 0 Å². The second kappa shape index (κ2) is 8.71. The van der Waals surface area contributed by atoms with Gasteiger partial charge >= 0.3 is 0 Å². The average Bonchev–Trinajstić information content (AvgIpc) is 3.14. The summed E-state index contributed by atoms with van der Waals surface area (Å²) in [6, 6.07) is 20.0. The quantitative estimate of drug-likeness (QED) is 0.672. The molecule has 27 heavy (non-hydrogen) atoms. The summed E-state index contributed by atoms with van der Waals surface area (Å²) in [7, 11) is 0. The summed E-state index contributed by atoms with van der Waals surface area (Å²) >= 11 is 0. The van der Waals surface area contributed by atoms with Crippen LogP contribution in [0.4, 0.5) is 5.69 Å². The molecule has 0 unspecified atom stereocenters. The maximum absolute atomic E-state index is 12.1. The van der Waals surface area contributed by atoms with Crippen LogP contribution in [0.1, 0.15) is 21.9 Å². The lowest BCUT2D eigenvalue weighted by Crippen LogP contribution is -2.32. The number of benzene rings is 2. The zero-order valence-corrected chi connectivity index (χ0v) is 14.9. The highest BCUT2D eigenvalue weighted by Crippen LogP contribution is 2.14. The van der Waals surface area contributed by atoms with E-state index in [1.54, 1.807) is 18.2 Å². The minimum atomic E-state index is -0.458. The summed E-state index contributed by atoms with van der Waals surface area (Å²) in [6.07, 6.45) is 0. The van der Waals surface area contributed by atoms with E-state index in [2.05, 4.69) is 10.6 Å². The van der Waals surface area contributed by atoms with Gasteiger partial charge in [-0.15, -0.1) is 0 Å². The summed E-state index contributed by atoms with van der Waals surface area (Å²) in [4.78, 5) is 24.1. The van der Waals surface area contributed by atoms with Crippen LogP contribution < -0.4 is 15.4 Å². The van der Waals surface area contributed by atoms with Crippen LogP contribution in [0, 0.1) is 6.92 Å². The molecule has 0 aliphatic rings. The molecule has 2 amide bonds. The van der Waals surface area contributed by atoms with Gasteiger partial charge in [0.15, 0.2) is 5.76 Å². The van der Waals surface area contributed by atoms with E-state index in [0.29, 0.717) is 17.2 Å². The lowest BCUT2D eigenvalue weighted by Gasteiger charge is -2.07. The van der Waals surface area contributed by atoms with Crippen molar-refractivity contribution in [3.8, 4) is 5.75 Å². The van der Waals surface area contributed by atoms with Crippen molar-refractivity contribution in [2.45, 2.75) is 13.5 Å². The van der Waals surface area contributed by atoms with Gasteiger partial charge in [-0.05, 0) is 48.9 Å².